The van der Waals surface area contributed by atoms with Gasteiger partial charge in [-0.2, -0.15) is 10.4 Å². The Hall–Kier alpha value is -1.87. The molecule has 0 bridgehead atoms. The summed E-state index contributed by atoms with van der Waals surface area (Å²) in [6.07, 6.45) is 0.543. The zero-order valence-corrected chi connectivity index (χ0v) is 14.2. The third-order valence-corrected chi connectivity index (χ3v) is 4.16. The highest BCUT2D eigenvalue weighted by Gasteiger charge is 2.30. The van der Waals surface area contributed by atoms with Crippen molar-refractivity contribution in [2.75, 3.05) is 0 Å². The summed E-state index contributed by atoms with van der Waals surface area (Å²) in [5.74, 6) is 0. The molecule has 23 heavy (non-hydrogen) atoms. The van der Waals surface area contributed by atoms with Gasteiger partial charge in [-0.1, -0.05) is 23.2 Å². The molecular formula is C16H14Cl2N4O. The van der Waals surface area contributed by atoms with Gasteiger partial charge in [-0.15, -0.1) is 0 Å². The number of ether oxygens (including phenoxy) is 1. The summed E-state index contributed by atoms with van der Waals surface area (Å²) in [5.41, 5.74) is 1.92. The quantitative estimate of drug-likeness (QED) is 0.858. The Morgan fingerprint density at radius 2 is 1.96 bits per heavy atom. The Bertz CT molecular complexity index is 876. The lowest BCUT2D eigenvalue weighted by Crippen LogP contribution is -2.37. The lowest BCUT2D eigenvalue weighted by atomic mass is 9.92. The van der Waals surface area contributed by atoms with Crippen molar-refractivity contribution in [2.45, 2.75) is 32.5 Å². The van der Waals surface area contributed by atoms with Crippen molar-refractivity contribution in [3.05, 3.63) is 50.6 Å². The van der Waals surface area contributed by atoms with E-state index in [0.717, 1.165) is 5.56 Å². The third kappa shape index (κ3) is 2.98. The molecule has 1 N–H and O–H groups in total. The Kier molecular flexibility index (Phi) is 3.93. The number of rotatable bonds is 1. The lowest BCUT2D eigenvalue weighted by molar-refractivity contribution is -0.0428. The van der Waals surface area contributed by atoms with Crippen molar-refractivity contribution < 1.29 is 4.74 Å². The highest BCUT2D eigenvalue weighted by atomic mass is 35.5. The molecule has 2 heterocycles. The summed E-state index contributed by atoms with van der Waals surface area (Å²) in [6.45, 7) is 4.21. The molecule has 0 saturated carbocycles. The number of fused-ring (bicyclic) bond motifs is 1. The first kappa shape index (κ1) is 16.0. The topological polar surface area (TPSA) is 74.7 Å². The number of halogens is 2. The van der Waals surface area contributed by atoms with Gasteiger partial charge in [0.1, 0.15) is 11.6 Å². The van der Waals surface area contributed by atoms with Crippen LogP contribution in [-0.4, -0.2) is 15.4 Å². The van der Waals surface area contributed by atoms with E-state index in [4.69, 9.17) is 33.3 Å². The van der Waals surface area contributed by atoms with Crippen LogP contribution >= 0.6 is 23.2 Å². The predicted octanol–water partition coefficient (Wildman–Crippen LogP) is 3.38. The third-order valence-electron chi connectivity index (χ3n) is 3.73. The fourth-order valence-corrected chi connectivity index (χ4v) is 3.15. The zero-order valence-electron chi connectivity index (χ0n) is 12.7. The molecule has 7 heteroatoms. The van der Waals surface area contributed by atoms with Gasteiger partial charge >= 0.3 is 0 Å². The number of aromatic nitrogens is 2. The van der Waals surface area contributed by atoms with Crippen molar-refractivity contribution in [3.8, 4) is 11.8 Å². The van der Waals surface area contributed by atoms with Gasteiger partial charge in [0.15, 0.2) is 5.49 Å². The highest BCUT2D eigenvalue weighted by molar-refractivity contribution is 6.34. The molecule has 0 spiro atoms. The van der Waals surface area contributed by atoms with Gasteiger partial charge in [0.2, 0.25) is 0 Å². The second-order valence-electron chi connectivity index (χ2n) is 6.03. The van der Waals surface area contributed by atoms with Crippen LogP contribution in [0, 0.1) is 16.7 Å². The van der Waals surface area contributed by atoms with E-state index >= 15 is 0 Å². The highest BCUT2D eigenvalue weighted by Crippen LogP contribution is 2.28. The Labute approximate surface area is 143 Å². The number of nitrogens with one attached hydrogen (secondary N) is 1. The number of hydrogen-bond acceptors (Lipinski definition) is 4. The molecule has 0 radical (unpaired) electrons. The Morgan fingerprint density at radius 3 is 2.57 bits per heavy atom. The maximum absolute atomic E-state index is 9.52. The number of benzene rings is 1. The molecule has 0 fully saturated rings. The summed E-state index contributed by atoms with van der Waals surface area (Å²) in [4.78, 5) is 0. The van der Waals surface area contributed by atoms with Crippen molar-refractivity contribution >= 4 is 23.2 Å². The molecule has 0 amide bonds. The summed E-state index contributed by atoms with van der Waals surface area (Å²) in [5, 5.41) is 23.2. The van der Waals surface area contributed by atoms with Crippen LogP contribution < -0.4 is 5.49 Å². The standard InChI is InChI=1S/C16H14Cl2N4O/c1-16(2)6-12-13(7-19)15(20)22(21-14(12)8-23-16)11-4-9(17)3-10(18)5-11/h3-5,20H,6,8H2,1-2H3. The van der Waals surface area contributed by atoms with E-state index in [2.05, 4.69) is 11.2 Å². The number of nitrogens with zero attached hydrogens (tertiary/aromatic N) is 3. The normalized spacial score (nSPS) is 15.8. The summed E-state index contributed by atoms with van der Waals surface area (Å²) >= 11 is 12.1. The van der Waals surface area contributed by atoms with Crippen LogP contribution in [0.25, 0.3) is 5.69 Å². The SMILES string of the molecule is CC1(C)Cc2c(nn(-c3cc(Cl)cc(Cl)c3)c(=N)c2C#N)CO1. The van der Waals surface area contributed by atoms with Crippen molar-refractivity contribution in [2.24, 2.45) is 0 Å². The maximum Gasteiger partial charge on any atom is 0.164 e. The molecule has 1 aliphatic heterocycles. The summed E-state index contributed by atoms with van der Waals surface area (Å²) in [7, 11) is 0. The fraction of sp³-hybridized carbons (Fsp3) is 0.312. The van der Waals surface area contributed by atoms with Crippen LogP contribution in [0.5, 0.6) is 0 Å². The van der Waals surface area contributed by atoms with Crippen LogP contribution in [-0.2, 0) is 17.8 Å². The molecule has 118 valence electrons. The molecule has 0 saturated heterocycles. The largest absolute Gasteiger partial charge is 0.369 e. The lowest BCUT2D eigenvalue weighted by Gasteiger charge is -2.31. The molecule has 1 aliphatic rings. The first-order chi connectivity index (χ1) is 10.8. The fourth-order valence-electron chi connectivity index (χ4n) is 2.64. The minimum atomic E-state index is -0.377. The molecule has 0 aliphatic carbocycles. The van der Waals surface area contributed by atoms with E-state index in [9.17, 15) is 5.26 Å². The van der Waals surface area contributed by atoms with Gasteiger partial charge in [0.05, 0.1) is 23.6 Å². The maximum atomic E-state index is 9.52. The average molecular weight is 349 g/mol. The van der Waals surface area contributed by atoms with Crippen LogP contribution in [0.3, 0.4) is 0 Å². The smallest absolute Gasteiger partial charge is 0.164 e. The van der Waals surface area contributed by atoms with E-state index < -0.39 is 0 Å². The van der Waals surface area contributed by atoms with Gasteiger partial charge in [-0.25, -0.2) is 4.68 Å². The van der Waals surface area contributed by atoms with E-state index in [1.54, 1.807) is 18.2 Å². The molecule has 0 unspecified atom stereocenters. The van der Waals surface area contributed by atoms with Gasteiger partial charge in [0, 0.05) is 22.0 Å². The van der Waals surface area contributed by atoms with Crippen LogP contribution in [0.15, 0.2) is 18.2 Å². The molecule has 1 aromatic carbocycles. The molecular weight excluding hydrogens is 335 g/mol. The van der Waals surface area contributed by atoms with Gasteiger partial charge < -0.3 is 4.74 Å². The Balaban J connectivity index is 2.26. The number of hydrogen-bond donors (Lipinski definition) is 1. The van der Waals surface area contributed by atoms with Gasteiger partial charge in [-0.3, -0.25) is 5.41 Å². The first-order valence-electron chi connectivity index (χ1n) is 7.01. The number of nitriles is 1. The molecule has 1 aromatic heterocycles. The van der Waals surface area contributed by atoms with E-state index in [0.29, 0.717) is 40.0 Å². The average Bonchev–Trinajstić information content (AvgIpc) is 2.45. The first-order valence-corrected chi connectivity index (χ1v) is 7.76. The molecule has 0 atom stereocenters. The van der Waals surface area contributed by atoms with Gasteiger partial charge in [-0.05, 0) is 32.0 Å². The monoisotopic (exact) mass is 348 g/mol. The minimum absolute atomic E-state index is 0.0160. The van der Waals surface area contributed by atoms with E-state index in [1.165, 1.54) is 4.68 Å². The second-order valence-corrected chi connectivity index (χ2v) is 6.90. The van der Waals surface area contributed by atoms with Crippen LogP contribution in [0.2, 0.25) is 10.0 Å². The van der Waals surface area contributed by atoms with E-state index in [1.807, 2.05) is 13.8 Å². The molecule has 3 rings (SSSR count). The molecule has 5 nitrogen and oxygen atoms in total. The van der Waals surface area contributed by atoms with Crippen molar-refractivity contribution in [1.29, 1.82) is 10.7 Å². The van der Waals surface area contributed by atoms with Crippen molar-refractivity contribution in [1.82, 2.24) is 9.78 Å². The Morgan fingerprint density at radius 1 is 1.30 bits per heavy atom. The molecule has 2 aromatic rings. The predicted molar refractivity (Wildman–Crippen MR) is 86.7 cm³/mol. The summed E-state index contributed by atoms with van der Waals surface area (Å²) < 4.78 is 7.14. The van der Waals surface area contributed by atoms with Crippen molar-refractivity contribution in [3.63, 3.8) is 0 Å². The van der Waals surface area contributed by atoms with Crippen LogP contribution in [0.1, 0.15) is 30.7 Å². The minimum Gasteiger partial charge on any atom is -0.369 e. The van der Waals surface area contributed by atoms with Gasteiger partial charge in [0.25, 0.3) is 0 Å². The van der Waals surface area contributed by atoms with E-state index in [-0.39, 0.29) is 11.1 Å². The zero-order chi connectivity index (χ0) is 16.8. The van der Waals surface area contributed by atoms with Crippen LogP contribution in [0.4, 0.5) is 0 Å². The summed E-state index contributed by atoms with van der Waals surface area (Å²) in [6, 6.07) is 7.04. The second kappa shape index (κ2) is 5.64.